The Kier molecular flexibility index (Phi) is 4.84. The zero-order chi connectivity index (χ0) is 20.7. The first-order valence-electron chi connectivity index (χ1n) is 9.21. The maximum atomic E-state index is 12.9. The van der Waals surface area contributed by atoms with E-state index in [0.29, 0.717) is 16.6 Å². The minimum atomic E-state index is -0.871. The van der Waals surface area contributed by atoms with Gasteiger partial charge in [0.1, 0.15) is 0 Å². The number of methoxy groups -OCH3 is 1. The minimum Gasteiger partial charge on any atom is -0.868 e. The van der Waals surface area contributed by atoms with Gasteiger partial charge in [0, 0.05) is 0 Å². The standard InChI is InChI=1S/C22H20N2O4S/c1-12(2)13-8-10-14(11-9-13)18-17(21(27)28-3)19(25)20(26)24(18)22-23-15-6-4-5-7-16(15)29-22/h4-12,18,25H,1-3H3/p-1. The molecule has 0 saturated heterocycles. The lowest BCUT2D eigenvalue weighted by atomic mass is 9.95. The Hall–Kier alpha value is -3.19. The number of esters is 1. The quantitative estimate of drug-likeness (QED) is 0.620. The van der Waals surface area contributed by atoms with Crippen LogP contribution in [-0.4, -0.2) is 24.0 Å². The van der Waals surface area contributed by atoms with Gasteiger partial charge >= 0.3 is 5.97 Å². The van der Waals surface area contributed by atoms with Crippen molar-refractivity contribution in [1.29, 1.82) is 0 Å². The maximum absolute atomic E-state index is 12.9. The zero-order valence-electron chi connectivity index (χ0n) is 16.2. The van der Waals surface area contributed by atoms with Crippen LogP contribution >= 0.6 is 11.3 Å². The zero-order valence-corrected chi connectivity index (χ0v) is 17.0. The molecule has 0 saturated carbocycles. The van der Waals surface area contributed by atoms with Crippen LogP contribution in [0.4, 0.5) is 5.13 Å². The summed E-state index contributed by atoms with van der Waals surface area (Å²) in [6, 6.07) is 14.2. The second-order valence-corrected chi connectivity index (χ2v) is 8.11. The molecule has 1 atom stereocenters. The molecule has 3 aromatic rings. The average molecular weight is 407 g/mol. The summed E-state index contributed by atoms with van der Waals surface area (Å²) in [7, 11) is 1.20. The molecule has 6 nitrogen and oxygen atoms in total. The van der Waals surface area contributed by atoms with E-state index in [-0.39, 0.29) is 5.57 Å². The molecule has 4 rings (SSSR count). The van der Waals surface area contributed by atoms with Gasteiger partial charge in [0.15, 0.2) is 5.13 Å². The number of carbonyl (C=O) groups excluding carboxylic acids is 2. The predicted octanol–water partition coefficient (Wildman–Crippen LogP) is 3.30. The summed E-state index contributed by atoms with van der Waals surface area (Å²) in [5, 5.41) is 13.1. The van der Waals surface area contributed by atoms with Gasteiger partial charge in [0.25, 0.3) is 0 Å². The molecule has 0 radical (unpaired) electrons. The first-order valence-corrected chi connectivity index (χ1v) is 10.0. The molecule has 7 heteroatoms. The van der Waals surface area contributed by atoms with E-state index < -0.39 is 23.7 Å². The number of benzene rings is 2. The van der Waals surface area contributed by atoms with Crippen molar-refractivity contribution in [2.45, 2.75) is 25.8 Å². The van der Waals surface area contributed by atoms with Crippen LogP contribution < -0.4 is 10.0 Å². The van der Waals surface area contributed by atoms with Gasteiger partial charge in [0.05, 0.1) is 28.9 Å². The van der Waals surface area contributed by atoms with Crippen molar-refractivity contribution in [3.05, 3.63) is 71.0 Å². The highest BCUT2D eigenvalue weighted by molar-refractivity contribution is 7.22. The smallest absolute Gasteiger partial charge is 0.335 e. The first-order chi connectivity index (χ1) is 13.9. The number of nitrogens with zero attached hydrogens (tertiary/aromatic N) is 2. The molecule has 0 bridgehead atoms. The number of anilines is 1. The number of aromatic nitrogens is 1. The fourth-order valence-corrected chi connectivity index (χ4v) is 4.44. The van der Waals surface area contributed by atoms with Crippen molar-refractivity contribution in [2.75, 3.05) is 12.0 Å². The Balaban J connectivity index is 1.86. The number of carbonyl (C=O) groups is 2. The molecular weight excluding hydrogens is 388 g/mol. The highest BCUT2D eigenvalue weighted by Gasteiger charge is 2.42. The molecule has 2 aromatic carbocycles. The van der Waals surface area contributed by atoms with Crippen molar-refractivity contribution in [1.82, 2.24) is 4.98 Å². The van der Waals surface area contributed by atoms with E-state index in [1.807, 2.05) is 48.5 Å². The van der Waals surface area contributed by atoms with Crippen molar-refractivity contribution >= 4 is 38.6 Å². The summed E-state index contributed by atoms with van der Waals surface area (Å²) in [5.41, 5.74) is 2.33. The molecule has 2 heterocycles. The van der Waals surface area contributed by atoms with E-state index in [9.17, 15) is 14.7 Å². The summed E-state index contributed by atoms with van der Waals surface area (Å²) >= 11 is 1.30. The van der Waals surface area contributed by atoms with E-state index in [1.165, 1.54) is 23.3 Å². The first kappa shape index (κ1) is 19.1. The molecule has 1 aromatic heterocycles. The van der Waals surface area contributed by atoms with Gasteiger partial charge in [-0.1, -0.05) is 61.6 Å². The molecule has 0 spiro atoms. The van der Waals surface area contributed by atoms with Gasteiger partial charge in [-0.15, -0.1) is 0 Å². The van der Waals surface area contributed by atoms with Crippen molar-refractivity contribution < 1.29 is 19.4 Å². The van der Waals surface area contributed by atoms with E-state index >= 15 is 0 Å². The van der Waals surface area contributed by atoms with Crippen molar-refractivity contribution in [3.8, 4) is 0 Å². The van der Waals surface area contributed by atoms with Crippen LogP contribution in [0.2, 0.25) is 0 Å². The lowest BCUT2D eigenvalue weighted by Gasteiger charge is -2.25. The molecule has 148 valence electrons. The third-order valence-electron chi connectivity index (χ3n) is 5.00. The van der Waals surface area contributed by atoms with Gasteiger partial charge in [-0.05, 0) is 34.9 Å². The van der Waals surface area contributed by atoms with Gasteiger partial charge in [-0.25, -0.2) is 9.78 Å². The second kappa shape index (κ2) is 7.33. The van der Waals surface area contributed by atoms with E-state index in [0.717, 1.165) is 15.8 Å². The molecule has 0 fully saturated rings. The lowest BCUT2D eigenvalue weighted by molar-refractivity contribution is -0.298. The fourth-order valence-electron chi connectivity index (χ4n) is 3.45. The minimum absolute atomic E-state index is 0.186. The number of hydrogen-bond acceptors (Lipinski definition) is 6. The lowest BCUT2D eigenvalue weighted by Crippen LogP contribution is -2.32. The molecule has 1 unspecified atom stereocenters. The topological polar surface area (TPSA) is 82.6 Å². The van der Waals surface area contributed by atoms with Crippen LogP contribution in [-0.2, 0) is 14.3 Å². The number of rotatable bonds is 4. The van der Waals surface area contributed by atoms with Crippen molar-refractivity contribution in [3.63, 3.8) is 0 Å². The second-order valence-electron chi connectivity index (χ2n) is 7.10. The molecular formula is C22H19N2O4S-. The Morgan fingerprint density at radius 3 is 2.48 bits per heavy atom. The van der Waals surface area contributed by atoms with E-state index in [2.05, 4.69) is 18.8 Å². The van der Waals surface area contributed by atoms with Gasteiger partial charge in [-0.3, -0.25) is 9.69 Å². The maximum Gasteiger partial charge on any atom is 0.335 e. The average Bonchev–Trinajstić information content (AvgIpc) is 3.26. The van der Waals surface area contributed by atoms with Gasteiger partial charge < -0.3 is 9.84 Å². The van der Waals surface area contributed by atoms with Crippen molar-refractivity contribution in [2.24, 2.45) is 0 Å². The summed E-state index contributed by atoms with van der Waals surface area (Å²) in [6.07, 6.45) is 0. The number of amides is 1. The van der Waals surface area contributed by atoms with Crippen LogP contribution in [0.3, 0.4) is 0 Å². The molecule has 1 aliphatic heterocycles. The fraction of sp³-hybridized carbons (Fsp3) is 0.227. The SMILES string of the molecule is COC(=O)C1=C([O-])C(=O)N(c2nc3ccccc3s2)C1c1ccc(C(C)C)cc1. The van der Waals surface area contributed by atoms with Crippen LogP contribution in [0, 0.1) is 0 Å². The van der Waals surface area contributed by atoms with Crippen LogP contribution in [0.15, 0.2) is 59.9 Å². The summed E-state index contributed by atoms with van der Waals surface area (Å²) in [5.74, 6) is -2.10. The van der Waals surface area contributed by atoms with Gasteiger partial charge in [-0.2, -0.15) is 0 Å². The van der Waals surface area contributed by atoms with E-state index in [4.69, 9.17) is 4.74 Å². The third-order valence-corrected chi connectivity index (χ3v) is 6.04. The number of para-hydroxylation sites is 1. The number of thiazole rings is 1. The summed E-state index contributed by atoms with van der Waals surface area (Å²) < 4.78 is 5.71. The van der Waals surface area contributed by atoms with Crippen LogP contribution in [0.25, 0.3) is 10.2 Å². The van der Waals surface area contributed by atoms with Gasteiger partial charge in [0.2, 0.25) is 5.91 Å². The molecule has 29 heavy (non-hydrogen) atoms. The Labute approximate surface area is 172 Å². The molecule has 1 amide bonds. The largest absolute Gasteiger partial charge is 0.868 e. The highest BCUT2D eigenvalue weighted by Crippen LogP contribution is 2.43. The van der Waals surface area contributed by atoms with E-state index in [1.54, 1.807) is 0 Å². The van der Waals surface area contributed by atoms with Crippen LogP contribution in [0.1, 0.15) is 36.9 Å². The number of hydrogen-bond donors (Lipinski definition) is 0. The third kappa shape index (κ3) is 3.17. The Morgan fingerprint density at radius 1 is 1.17 bits per heavy atom. The summed E-state index contributed by atoms with van der Waals surface area (Å²) in [4.78, 5) is 31.1. The normalized spacial score (nSPS) is 16.9. The predicted molar refractivity (Wildman–Crippen MR) is 109 cm³/mol. The van der Waals surface area contributed by atoms with Crippen LogP contribution in [0.5, 0.6) is 0 Å². The Morgan fingerprint density at radius 2 is 1.86 bits per heavy atom. The number of ether oxygens (including phenoxy) is 1. The summed E-state index contributed by atoms with van der Waals surface area (Å²) in [6.45, 7) is 4.16. The number of fused-ring (bicyclic) bond motifs is 1. The highest BCUT2D eigenvalue weighted by atomic mass is 32.1. The molecule has 1 aliphatic rings. The molecule has 0 N–H and O–H groups in total. The monoisotopic (exact) mass is 407 g/mol. The molecule has 0 aliphatic carbocycles. The Bertz CT molecular complexity index is 1100.